The lowest BCUT2D eigenvalue weighted by molar-refractivity contribution is -0.134. The molecule has 1 aromatic rings. The molecule has 1 amide bonds. The van der Waals surface area contributed by atoms with Crippen molar-refractivity contribution < 1.29 is 22.1 Å². The fourth-order valence-electron chi connectivity index (χ4n) is 2.81. The van der Waals surface area contributed by atoms with Gasteiger partial charge in [0.05, 0.1) is 12.4 Å². The molecule has 1 atom stereocenters. The lowest BCUT2D eigenvalue weighted by atomic mass is 10.1. The largest absolute Gasteiger partial charge is 0.383 e. The van der Waals surface area contributed by atoms with Gasteiger partial charge in [-0.05, 0) is 36.5 Å². The van der Waals surface area contributed by atoms with Crippen LogP contribution in [0.4, 0.5) is 0 Å². The summed E-state index contributed by atoms with van der Waals surface area (Å²) < 4.78 is 32.8. The Balaban J connectivity index is 2.05. The maximum Gasteiger partial charge on any atom is 0.306 e. The molecule has 1 aliphatic heterocycles. The Labute approximate surface area is 150 Å². The minimum absolute atomic E-state index is 0.101. The second-order valence-corrected chi connectivity index (χ2v) is 8.51. The van der Waals surface area contributed by atoms with Gasteiger partial charge in [0.1, 0.15) is 5.75 Å². The van der Waals surface area contributed by atoms with E-state index >= 15 is 0 Å². The summed E-state index contributed by atoms with van der Waals surface area (Å²) in [5.41, 5.74) is 0.927. The molecule has 0 unspecified atom stereocenters. The second kappa shape index (κ2) is 8.67. The van der Waals surface area contributed by atoms with Crippen LogP contribution in [0.2, 0.25) is 0 Å². The number of benzene rings is 1. The van der Waals surface area contributed by atoms with Crippen LogP contribution in [0.25, 0.3) is 0 Å². The molecule has 1 aliphatic rings. The third kappa shape index (κ3) is 7.04. The Morgan fingerprint density at radius 3 is 2.52 bits per heavy atom. The highest BCUT2D eigenvalue weighted by Crippen LogP contribution is 2.19. The predicted molar refractivity (Wildman–Crippen MR) is 95.8 cm³/mol. The fraction of sp³-hybridized carbons (Fsp3) is 0.611. The van der Waals surface area contributed by atoms with Crippen molar-refractivity contribution in [1.82, 2.24) is 4.90 Å². The topological polar surface area (TPSA) is 72.9 Å². The van der Waals surface area contributed by atoms with Crippen molar-refractivity contribution in [2.75, 3.05) is 19.4 Å². The van der Waals surface area contributed by atoms with E-state index in [1.807, 2.05) is 18.7 Å². The van der Waals surface area contributed by atoms with Crippen LogP contribution >= 0.6 is 0 Å². The van der Waals surface area contributed by atoms with Gasteiger partial charge in [0.25, 0.3) is 0 Å². The fourth-order valence-corrected chi connectivity index (χ4v) is 3.27. The molecule has 0 N–H and O–H groups in total. The van der Waals surface area contributed by atoms with Gasteiger partial charge in [-0.25, -0.2) is 0 Å². The van der Waals surface area contributed by atoms with Crippen LogP contribution in [-0.4, -0.2) is 44.7 Å². The number of hydrogen-bond acceptors (Lipinski definition) is 5. The van der Waals surface area contributed by atoms with Gasteiger partial charge in [0, 0.05) is 26.1 Å². The molecule has 0 saturated carbocycles. The minimum atomic E-state index is -3.54. The lowest BCUT2D eigenvalue weighted by Gasteiger charge is -2.26. The van der Waals surface area contributed by atoms with Crippen LogP contribution in [0.5, 0.6) is 5.75 Å². The average molecular weight is 369 g/mol. The Morgan fingerprint density at radius 2 is 2.00 bits per heavy atom. The van der Waals surface area contributed by atoms with E-state index in [-0.39, 0.29) is 17.8 Å². The molecular formula is C18H27NO5S. The van der Waals surface area contributed by atoms with Gasteiger partial charge in [-0.15, -0.1) is 0 Å². The number of carbonyl (C=O) groups is 1. The van der Waals surface area contributed by atoms with Crippen LogP contribution in [0.1, 0.15) is 38.7 Å². The van der Waals surface area contributed by atoms with Crippen LogP contribution in [0, 0.1) is 5.92 Å². The zero-order valence-electron chi connectivity index (χ0n) is 15.1. The molecule has 0 bridgehead atoms. The van der Waals surface area contributed by atoms with Gasteiger partial charge in [0.2, 0.25) is 5.91 Å². The Kier molecular flexibility index (Phi) is 6.84. The normalized spacial score (nSPS) is 17.7. The maximum absolute atomic E-state index is 12.6. The lowest BCUT2D eigenvalue weighted by Crippen LogP contribution is -2.37. The molecule has 0 spiro atoms. The van der Waals surface area contributed by atoms with Gasteiger partial charge < -0.3 is 13.8 Å². The van der Waals surface area contributed by atoms with Crippen molar-refractivity contribution in [2.45, 2.75) is 45.8 Å². The maximum atomic E-state index is 12.6. The third-order valence-corrected chi connectivity index (χ3v) is 4.42. The molecule has 0 aromatic heterocycles. The molecule has 1 heterocycles. The van der Waals surface area contributed by atoms with Crippen molar-refractivity contribution in [3.05, 3.63) is 29.8 Å². The van der Waals surface area contributed by atoms with Gasteiger partial charge in [-0.3, -0.25) is 4.79 Å². The summed E-state index contributed by atoms with van der Waals surface area (Å²) in [6, 6.07) is 6.78. The smallest absolute Gasteiger partial charge is 0.306 e. The number of carbonyl (C=O) groups excluding carboxylic acids is 1. The van der Waals surface area contributed by atoms with E-state index in [0.29, 0.717) is 25.4 Å². The van der Waals surface area contributed by atoms with Crippen LogP contribution in [0.3, 0.4) is 0 Å². The van der Waals surface area contributed by atoms with E-state index in [4.69, 9.17) is 8.92 Å². The Morgan fingerprint density at radius 1 is 1.32 bits per heavy atom. The quantitative estimate of drug-likeness (QED) is 0.659. The molecule has 25 heavy (non-hydrogen) atoms. The van der Waals surface area contributed by atoms with Crippen LogP contribution in [0.15, 0.2) is 24.3 Å². The minimum Gasteiger partial charge on any atom is -0.383 e. The highest BCUT2D eigenvalue weighted by Gasteiger charge is 2.23. The van der Waals surface area contributed by atoms with Crippen LogP contribution < -0.4 is 4.18 Å². The molecule has 0 aliphatic carbocycles. The number of ether oxygens (including phenoxy) is 1. The Bertz CT molecular complexity index is 663. The molecule has 6 nitrogen and oxygen atoms in total. The molecule has 1 aromatic carbocycles. The SMILES string of the molecule is CC(C)CC(=O)N(Cc1ccc(OS(C)(=O)=O)cc1)C[C@H]1CCCO1. The predicted octanol–water partition coefficient (Wildman–Crippen LogP) is 2.58. The third-order valence-electron chi connectivity index (χ3n) is 3.93. The summed E-state index contributed by atoms with van der Waals surface area (Å²) >= 11 is 0. The molecule has 140 valence electrons. The van der Waals surface area contributed by atoms with Crippen molar-refractivity contribution >= 4 is 16.0 Å². The summed E-state index contributed by atoms with van der Waals surface area (Å²) in [7, 11) is -3.54. The van der Waals surface area contributed by atoms with E-state index < -0.39 is 10.1 Å². The van der Waals surface area contributed by atoms with E-state index in [0.717, 1.165) is 31.3 Å². The van der Waals surface area contributed by atoms with Gasteiger partial charge in [0.15, 0.2) is 0 Å². The number of rotatable bonds is 8. The molecule has 1 fully saturated rings. The Hall–Kier alpha value is -1.60. The zero-order valence-corrected chi connectivity index (χ0v) is 15.9. The molecular weight excluding hydrogens is 342 g/mol. The molecule has 0 radical (unpaired) electrons. The number of amides is 1. The first-order valence-corrected chi connectivity index (χ1v) is 10.4. The average Bonchev–Trinajstić information content (AvgIpc) is 2.99. The first-order chi connectivity index (χ1) is 11.7. The van der Waals surface area contributed by atoms with Crippen molar-refractivity contribution in [2.24, 2.45) is 5.92 Å². The number of hydrogen-bond donors (Lipinski definition) is 0. The van der Waals surface area contributed by atoms with E-state index in [9.17, 15) is 13.2 Å². The number of nitrogens with zero attached hydrogens (tertiary/aromatic N) is 1. The van der Waals surface area contributed by atoms with Crippen molar-refractivity contribution in [3.63, 3.8) is 0 Å². The van der Waals surface area contributed by atoms with E-state index in [1.54, 1.807) is 24.3 Å². The molecule has 1 saturated heterocycles. The molecule has 7 heteroatoms. The van der Waals surface area contributed by atoms with E-state index in [1.165, 1.54) is 0 Å². The first kappa shape index (κ1) is 19.7. The first-order valence-electron chi connectivity index (χ1n) is 8.60. The van der Waals surface area contributed by atoms with Gasteiger partial charge in [-0.2, -0.15) is 8.42 Å². The van der Waals surface area contributed by atoms with E-state index in [2.05, 4.69) is 0 Å². The monoisotopic (exact) mass is 369 g/mol. The molecule has 2 rings (SSSR count). The summed E-state index contributed by atoms with van der Waals surface area (Å²) in [5, 5.41) is 0. The standard InChI is InChI=1S/C18H27NO5S/c1-14(2)11-18(20)19(13-17-5-4-10-23-17)12-15-6-8-16(9-7-15)24-25(3,21)22/h6-9,14,17H,4-5,10-13H2,1-3H3/t17-/m1/s1. The summed E-state index contributed by atoms with van der Waals surface area (Å²) in [4.78, 5) is 14.4. The van der Waals surface area contributed by atoms with Crippen molar-refractivity contribution in [1.29, 1.82) is 0 Å². The highest BCUT2D eigenvalue weighted by molar-refractivity contribution is 7.86. The van der Waals surface area contributed by atoms with Crippen molar-refractivity contribution in [3.8, 4) is 5.75 Å². The zero-order chi connectivity index (χ0) is 18.4. The summed E-state index contributed by atoms with van der Waals surface area (Å²) in [5.74, 6) is 0.678. The second-order valence-electron chi connectivity index (χ2n) is 6.94. The van der Waals surface area contributed by atoms with Gasteiger partial charge >= 0.3 is 10.1 Å². The summed E-state index contributed by atoms with van der Waals surface area (Å²) in [6.45, 7) is 5.88. The van der Waals surface area contributed by atoms with Gasteiger partial charge in [-0.1, -0.05) is 26.0 Å². The van der Waals surface area contributed by atoms with Crippen LogP contribution in [-0.2, 0) is 26.2 Å². The highest BCUT2D eigenvalue weighted by atomic mass is 32.2. The summed E-state index contributed by atoms with van der Waals surface area (Å²) in [6.07, 6.45) is 3.63.